The number of nitrogens with one attached hydrogen (secondary N) is 1. The predicted octanol–water partition coefficient (Wildman–Crippen LogP) is 4.60. The third kappa shape index (κ3) is 8.32. The minimum absolute atomic E-state index is 0.158. The minimum Gasteiger partial charge on any atom is -0.354 e. The Morgan fingerprint density at radius 2 is 1.70 bits per heavy atom. The van der Waals surface area contributed by atoms with Gasteiger partial charge in [0.05, 0.1) is 22.5 Å². The van der Waals surface area contributed by atoms with Crippen molar-refractivity contribution in [3.05, 3.63) is 64.4 Å². The van der Waals surface area contributed by atoms with E-state index in [0.717, 1.165) is 17.2 Å². The van der Waals surface area contributed by atoms with E-state index in [1.54, 1.807) is 6.92 Å². The van der Waals surface area contributed by atoms with Crippen LogP contribution in [0.3, 0.4) is 0 Å². The van der Waals surface area contributed by atoms with Crippen LogP contribution in [0, 0.1) is 5.82 Å². The molecule has 0 saturated heterocycles. The van der Waals surface area contributed by atoms with Crippen LogP contribution in [0.15, 0.2) is 42.5 Å². The Bertz CT molecular complexity index is 1210. The van der Waals surface area contributed by atoms with Crippen LogP contribution < -0.4 is 9.62 Å². The number of benzene rings is 2. The minimum atomic E-state index is -4.79. The Morgan fingerprint density at radius 3 is 2.22 bits per heavy atom. The lowest BCUT2D eigenvalue weighted by Crippen LogP contribution is -2.52. The highest BCUT2D eigenvalue weighted by molar-refractivity contribution is 7.92. The maximum absolute atomic E-state index is 13.5. The van der Waals surface area contributed by atoms with Crippen molar-refractivity contribution in [3.8, 4) is 0 Å². The number of halogens is 5. The van der Waals surface area contributed by atoms with Crippen molar-refractivity contribution < 1.29 is 35.6 Å². The number of rotatable bonds is 11. The molecule has 0 bridgehead atoms. The smallest absolute Gasteiger partial charge is 0.354 e. The van der Waals surface area contributed by atoms with Crippen molar-refractivity contribution in [2.75, 3.05) is 23.7 Å². The van der Waals surface area contributed by atoms with Gasteiger partial charge in [-0.1, -0.05) is 37.6 Å². The molecule has 0 aliphatic heterocycles. The van der Waals surface area contributed by atoms with Crippen LogP contribution in [0.5, 0.6) is 0 Å². The van der Waals surface area contributed by atoms with E-state index in [0.29, 0.717) is 35.0 Å². The summed E-state index contributed by atoms with van der Waals surface area (Å²) in [4.78, 5) is 27.5. The number of nitrogens with zero attached hydrogens (tertiary/aromatic N) is 2. The fourth-order valence-corrected chi connectivity index (χ4v) is 4.67. The Balaban J connectivity index is 2.52. The summed E-state index contributed by atoms with van der Waals surface area (Å²) in [6.07, 6.45) is -3.27. The molecule has 0 aromatic heterocycles. The highest BCUT2D eigenvalue weighted by Gasteiger charge is 2.35. The van der Waals surface area contributed by atoms with Crippen molar-refractivity contribution in [1.29, 1.82) is 0 Å². The lowest BCUT2D eigenvalue weighted by Gasteiger charge is -2.33. The zero-order chi connectivity index (χ0) is 28.0. The van der Waals surface area contributed by atoms with Crippen molar-refractivity contribution in [3.63, 3.8) is 0 Å². The predicted molar refractivity (Wildman–Crippen MR) is 133 cm³/mol. The van der Waals surface area contributed by atoms with Crippen LogP contribution in [-0.2, 0) is 32.3 Å². The van der Waals surface area contributed by atoms with Crippen LogP contribution in [0.4, 0.5) is 23.2 Å². The Kier molecular flexibility index (Phi) is 10.3. The van der Waals surface area contributed by atoms with E-state index in [4.69, 9.17) is 11.6 Å². The summed E-state index contributed by atoms with van der Waals surface area (Å²) in [5, 5.41) is 2.38. The van der Waals surface area contributed by atoms with Gasteiger partial charge in [-0.25, -0.2) is 12.8 Å². The molecule has 2 rings (SSSR count). The van der Waals surface area contributed by atoms with Gasteiger partial charge in [0.1, 0.15) is 18.4 Å². The average Bonchev–Trinajstić information content (AvgIpc) is 2.81. The molecule has 13 heteroatoms. The van der Waals surface area contributed by atoms with E-state index in [2.05, 4.69) is 5.32 Å². The van der Waals surface area contributed by atoms with Crippen LogP contribution in [0.25, 0.3) is 0 Å². The zero-order valence-electron chi connectivity index (χ0n) is 20.5. The average molecular weight is 566 g/mol. The number of alkyl halides is 3. The van der Waals surface area contributed by atoms with Crippen molar-refractivity contribution >= 4 is 39.1 Å². The van der Waals surface area contributed by atoms with Gasteiger partial charge < -0.3 is 10.2 Å². The molecule has 0 aliphatic carbocycles. The van der Waals surface area contributed by atoms with E-state index < -0.39 is 57.7 Å². The maximum atomic E-state index is 13.5. The topological polar surface area (TPSA) is 86.8 Å². The van der Waals surface area contributed by atoms with Crippen LogP contribution in [0.1, 0.15) is 37.8 Å². The standard InChI is InChI=1S/C24H28ClF4N3O4S/c1-4-12-30-23(34)20(5-2)31(14-16-6-9-18(26)10-7-16)22(33)15-32(37(3,35)36)21-13-17(24(27,28)29)8-11-19(21)25/h6-11,13,20H,4-5,12,14-15H2,1-3H3,(H,30,34). The van der Waals surface area contributed by atoms with Crippen molar-refractivity contribution in [2.24, 2.45) is 0 Å². The van der Waals surface area contributed by atoms with E-state index in [-0.39, 0.29) is 18.0 Å². The molecular weight excluding hydrogens is 538 g/mol. The molecule has 0 fully saturated rings. The molecule has 37 heavy (non-hydrogen) atoms. The summed E-state index contributed by atoms with van der Waals surface area (Å²) in [5.74, 6) is -1.86. The lowest BCUT2D eigenvalue weighted by atomic mass is 10.1. The second-order valence-corrected chi connectivity index (χ2v) is 10.6. The zero-order valence-corrected chi connectivity index (χ0v) is 22.1. The maximum Gasteiger partial charge on any atom is 0.416 e. The second-order valence-electron chi connectivity index (χ2n) is 8.30. The molecule has 0 aliphatic rings. The molecule has 2 aromatic carbocycles. The summed E-state index contributed by atoms with van der Waals surface area (Å²) in [5.41, 5.74) is -1.22. The van der Waals surface area contributed by atoms with Crippen LogP contribution >= 0.6 is 11.6 Å². The van der Waals surface area contributed by atoms with E-state index in [1.807, 2.05) is 6.92 Å². The van der Waals surface area contributed by atoms with E-state index >= 15 is 0 Å². The number of carbonyl (C=O) groups is 2. The fraction of sp³-hybridized carbons (Fsp3) is 0.417. The van der Waals surface area contributed by atoms with Gasteiger partial charge in [-0.3, -0.25) is 13.9 Å². The first-order valence-electron chi connectivity index (χ1n) is 11.3. The normalized spacial score (nSPS) is 12.6. The first-order chi connectivity index (χ1) is 17.2. The summed E-state index contributed by atoms with van der Waals surface area (Å²) in [6.45, 7) is 2.73. The van der Waals surface area contributed by atoms with Gasteiger partial charge in [-0.05, 0) is 48.7 Å². The van der Waals surface area contributed by atoms with Gasteiger partial charge in [0.2, 0.25) is 21.8 Å². The molecule has 2 amide bonds. The van der Waals surface area contributed by atoms with Gasteiger partial charge in [0.25, 0.3) is 0 Å². The van der Waals surface area contributed by atoms with Gasteiger partial charge in [0.15, 0.2) is 0 Å². The van der Waals surface area contributed by atoms with Gasteiger partial charge in [-0.15, -0.1) is 0 Å². The quantitative estimate of drug-likeness (QED) is 0.404. The summed E-state index contributed by atoms with van der Waals surface area (Å²) in [7, 11) is -4.29. The molecular formula is C24H28ClF4N3O4S. The number of amides is 2. The summed E-state index contributed by atoms with van der Waals surface area (Å²) in [6, 6.07) is 6.26. The molecule has 1 unspecified atom stereocenters. The number of sulfonamides is 1. The highest BCUT2D eigenvalue weighted by atomic mass is 35.5. The largest absolute Gasteiger partial charge is 0.416 e. The summed E-state index contributed by atoms with van der Waals surface area (Å²) < 4.78 is 79.0. The molecule has 1 atom stereocenters. The Hall–Kier alpha value is -2.86. The number of hydrogen-bond acceptors (Lipinski definition) is 4. The number of carbonyl (C=O) groups excluding carboxylic acids is 2. The second kappa shape index (κ2) is 12.6. The molecule has 7 nitrogen and oxygen atoms in total. The summed E-state index contributed by atoms with van der Waals surface area (Å²) >= 11 is 6.05. The first-order valence-corrected chi connectivity index (χ1v) is 13.6. The first kappa shape index (κ1) is 30.4. The number of hydrogen-bond donors (Lipinski definition) is 1. The van der Waals surface area contributed by atoms with E-state index in [1.165, 1.54) is 24.3 Å². The Morgan fingerprint density at radius 1 is 1.08 bits per heavy atom. The monoisotopic (exact) mass is 565 g/mol. The van der Waals surface area contributed by atoms with Gasteiger partial charge in [0, 0.05) is 13.1 Å². The molecule has 0 saturated carbocycles. The van der Waals surface area contributed by atoms with Crippen molar-refractivity contribution in [2.45, 2.75) is 45.5 Å². The third-order valence-electron chi connectivity index (χ3n) is 5.42. The fourth-order valence-electron chi connectivity index (χ4n) is 3.55. The Labute approximate surface area is 218 Å². The molecule has 2 aromatic rings. The molecule has 0 heterocycles. The van der Waals surface area contributed by atoms with Gasteiger partial charge in [-0.2, -0.15) is 13.2 Å². The lowest BCUT2D eigenvalue weighted by molar-refractivity contribution is -0.140. The molecule has 0 spiro atoms. The number of anilines is 1. The van der Waals surface area contributed by atoms with Crippen LogP contribution in [0.2, 0.25) is 5.02 Å². The third-order valence-corrected chi connectivity index (χ3v) is 6.87. The SMILES string of the molecule is CCCNC(=O)C(CC)N(Cc1ccc(F)cc1)C(=O)CN(c1cc(C(F)(F)F)ccc1Cl)S(C)(=O)=O. The highest BCUT2D eigenvalue weighted by Crippen LogP contribution is 2.36. The molecule has 0 radical (unpaired) electrons. The van der Waals surface area contributed by atoms with Gasteiger partial charge >= 0.3 is 6.18 Å². The van der Waals surface area contributed by atoms with Crippen molar-refractivity contribution in [1.82, 2.24) is 10.2 Å². The van der Waals surface area contributed by atoms with Crippen LogP contribution in [-0.4, -0.2) is 50.5 Å². The molecule has 204 valence electrons. The molecule has 1 N–H and O–H groups in total. The van der Waals surface area contributed by atoms with E-state index in [9.17, 15) is 35.6 Å².